The third-order valence-electron chi connectivity index (χ3n) is 4.17. The van der Waals surface area contributed by atoms with Gasteiger partial charge in [-0.1, -0.05) is 18.3 Å². The van der Waals surface area contributed by atoms with Crippen molar-refractivity contribution < 1.29 is 13.9 Å². The van der Waals surface area contributed by atoms with Crippen molar-refractivity contribution >= 4 is 27.9 Å². The van der Waals surface area contributed by atoms with E-state index in [1.165, 1.54) is 42.7 Å². The van der Waals surface area contributed by atoms with Crippen molar-refractivity contribution in [3.8, 4) is 16.3 Å². The first kappa shape index (κ1) is 18.1. The van der Waals surface area contributed by atoms with E-state index in [0.29, 0.717) is 22.0 Å². The first-order valence-corrected chi connectivity index (χ1v) is 9.37. The van der Waals surface area contributed by atoms with E-state index in [9.17, 15) is 9.18 Å². The molecule has 1 amide bonds. The second-order valence-electron chi connectivity index (χ2n) is 5.95. The van der Waals surface area contributed by atoms with Crippen LogP contribution in [0.4, 0.5) is 10.1 Å². The molecule has 2 aromatic heterocycles. The highest BCUT2D eigenvalue weighted by molar-refractivity contribution is 7.19. The summed E-state index contributed by atoms with van der Waals surface area (Å²) in [6, 6.07) is 10.8. The van der Waals surface area contributed by atoms with Crippen LogP contribution in [0.2, 0.25) is 0 Å². The van der Waals surface area contributed by atoms with E-state index in [0.717, 1.165) is 22.8 Å². The second kappa shape index (κ2) is 7.35. The Balaban J connectivity index is 1.67. The van der Waals surface area contributed by atoms with Crippen LogP contribution in [0.3, 0.4) is 0 Å². The third kappa shape index (κ3) is 3.31. The maximum absolute atomic E-state index is 13.1. The summed E-state index contributed by atoms with van der Waals surface area (Å²) >= 11 is 1.41. The Morgan fingerprint density at radius 2 is 2.00 bits per heavy atom. The molecular weight excluding hydrogens is 381 g/mol. The Hall–Kier alpha value is -3.33. The van der Waals surface area contributed by atoms with E-state index in [1.54, 1.807) is 16.6 Å². The van der Waals surface area contributed by atoms with Crippen molar-refractivity contribution in [2.24, 2.45) is 0 Å². The van der Waals surface area contributed by atoms with Crippen LogP contribution in [0.5, 0.6) is 5.75 Å². The molecule has 0 bridgehead atoms. The summed E-state index contributed by atoms with van der Waals surface area (Å²) in [7, 11) is 1.53. The molecule has 4 rings (SSSR count). The van der Waals surface area contributed by atoms with Crippen molar-refractivity contribution in [1.82, 2.24) is 19.8 Å². The molecule has 0 radical (unpaired) electrons. The molecule has 2 aromatic carbocycles. The van der Waals surface area contributed by atoms with Gasteiger partial charge in [0.2, 0.25) is 4.96 Å². The minimum absolute atomic E-state index is 0.347. The van der Waals surface area contributed by atoms with Gasteiger partial charge in [0.1, 0.15) is 16.6 Å². The lowest BCUT2D eigenvalue weighted by atomic mass is 10.1. The van der Waals surface area contributed by atoms with Crippen molar-refractivity contribution in [3.63, 3.8) is 0 Å². The lowest BCUT2D eigenvalue weighted by Gasteiger charge is -2.11. The average molecular weight is 397 g/mol. The molecule has 0 aliphatic carbocycles. The topological polar surface area (TPSA) is 81.4 Å². The van der Waals surface area contributed by atoms with Crippen molar-refractivity contribution in [2.75, 3.05) is 12.4 Å². The summed E-state index contributed by atoms with van der Waals surface area (Å²) < 4.78 is 20.2. The van der Waals surface area contributed by atoms with Crippen LogP contribution in [0, 0.1) is 5.82 Å². The number of rotatable bonds is 5. The van der Waals surface area contributed by atoms with Crippen molar-refractivity contribution in [1.29, 1.82) is 0 Å². The Bertz CT molecular complexity index is 1150. The summed E-state index contributed by atoms with van der Waals surface area (Å²) in [5.41, 5.74) is 1.66. The highest BCUT2D eigenvalue weighted by Gasteiger charge is 2.15. The van der Waals surface area contributed by atoms with Gasteiger partial charge in [0, 0.05) is 17.5 Å². The smallest absolute Gasteiger partial charge is 0.255 e. The third-order valence-corrected chi connectivity index (χ3v) is 5.12. The highest BCUT2D eigenvalue weighted by Crippen LogP contribution is 2.33. The molecule has 0 saturated heterocycles. The van der Waals surface area contributed by atoms with Gasteiger partial charge in [0.25, 0.3) is 5.91 Å². The van der Waals surface area contributed by atoms with Crippen LogP contribution >= 0.6 is 11.3 Å². The standard InChI is InChI=1S/C19H16FN5O2S/c1-3-16-22-23-19-25(16)24-18(28-19)12-6-9-15(27-2)14(10-12)21-17(26)11-4-7-13(20)8-5-11/h4-10H,3H2,1-2H3,(H,21,26). The number of halogens is 1. The van der Waals surface area contributed by atoms with Crippen LogP contribution in [-0.2, 0) is 6.42 Å². The van der Waals surface area contributed by atoms with Crippen molar-refractivity contribution in [3.05, 3.63) is 59.7 Å². The minimum Gasteiger partial charge on any atom is -0.495 e. The highest BCUT2D eigenvalue weighted by atomic mass is 32.1. The molecule has 142 valence electrons. The molecule has 4 aromatic rings. The number of fused-ring (bicyclic) bond motifs is 1. The maximum Gasteiger partial charge on any atom is 0.255 e. The molecule has 9 heteroatoms. The Kier molecular flexibility index (Phi) is 4.74. The van der Waals surface area contributed by atoms with E-state index in [2.05, 4.69) is 20.6 Å². The largest absolute Gasteiger partial charge is 0.495 e. The Morgan fingerprint density at radius 3 is 2.71 bits per heavy atom. The molecule has 7 nitrogen and oxygen atoms in total. The summed E-state index contributed by atoms with van der Waals surface area (Å²) in [6.45, 7) is 1.99. The number of anilines is 1. The number of carbonyl (C=O) groups excluding carboxylic acids is 1. The molecular formula is C19H16FN5O2S. The molecule has 0 aliphatic heterocycles. The zero-order chi connectivity index (χ0) is 19.7. The monoisotopic (exact) mass is 397 g/mol. The van der Waals surface area contributed by atoms with E-state index in [4.69, 9.17) is 4.74 Å². The van der Waals surface area contributed by atoms with E-state index >= 15 is 0 Å². The van der Waals surface area contributed by atoms with Gasteiger partial charge in [-0.3, -0.25) is 4.79 Å². The number of methoxy groups -OCH3 is 1. The average Bonchev–Trinajstić information content (AvgIpc) is 3.29. The summed E-state index contributed by atoms with van der Waals surface area (Å²) in [6.07, 6.45) is 0.728. The quantitative estimate of drug-likeness (QED) is 0.554. The maximum atomic E-state index is 13.1. The van der Waals surface area contributed by atoms with Crippen LogP contribution in [-0.4, -0.2) is 32.8 Å². The van der Waals surface area contributed by atoms with Gasteiger partial charge in [-0.2, -0.15) is 9.61 Å². The van der Waals surface area contributed by atoms with Crippen molar-refractivity contribution in [2.45, 2.75) is 13.3 Å². The van der Waals surface area contributed by atoms with Gasteiger partial charge in [-0.25, -0.2) is 4.39 Å². The minimum atomic E-state index is -0.397. The summed E-state index contributed by atoms with van der Waals surface area (Å²) in [4.78, 5) is 13.2. The fourth-order valence-electron chi connectivity index (χ4n) is 2.73. The van der Waals surface area contributed by atoms with Crippen LogP contribution in [0.25, 0.3) is 15.5 Å². The number of aromatic nitrogens is 4. The lowest BCUT2D eigenvalue weighted by molar-refractivity contribution is 0.102. The SMILES string of the molecule is CCc1nnc2sc(-c3ccc(OC)c(NC(=O)c4ccc(F)cc4)c3)nn12. The van der Waals surface area contributed by atoms with Crippen LogP contribution in [0.15, 0.2) is 42.5 Å². The number of benzene rings is 2. The van der Waals surface area contributed by atoms with Gasteiger partial charge in [-0.05, 0) is 42.5 Å². The lowest BCUT2D eigenvalue weighted by Crippen LogP contribution is -2.12. The van der Waals surface area contributed by atoms with Crippen LogP contribution < -0.4 is 10.1 Å². The number of carbonyl (C=O) groups is 1. The molecule has 28 heavy (non-hydrogen) atoms. The number of ether oxygens (including phenoxy) is 1. The van der Waals surface area contributed by atoms with E-state index < -0.39 is 5.82 Å². The van der Waals surface area contributed by atoms with E-state index in [1.807, 2.05) is 13.0 Å². The number of amides is 1. The summed E-state index contributed by atoms with van der Waals surface area (Å²) in [5, 5.41) is 16.4. The number of nitrogens with one attached hydrogen (secondary N) is 1. The molecule has 0 fully saturated rings. The molecule has 0 spiro atoms. The molecule has 2 heterocycles. The molecule has 0 unspecified atom stereocenters. The van der Waals surface area contributed by atoms with Crippen LogP contribution in [0.1, 0.15) is 23.1 Å². The molecule has 0 atom stereocenters. The van der Waals surface area contributed by atoms with Gasteiger partial charge >= 0.3 is 0 Å². The number of nitrogens with zero attached hydrogens (tertiary/aromatic N) is 4. The summed E-state index contributed by atoms with van der Waals surface area (Å²) in [5.74, 6) is 0.542. The zero-order valence-electron chi connectivity index (χ0n) is 15.1. The predicted octanol–water partition coefficient (Wildman–Crippen LogP) is 3.82. The number of hydrogen-bond acceptors (Lipinski definition) is 6. The fraction of sp³-hybridized carbons (Fsp3) is 0.158. The second-order valence-corrected chi connectivity index (χ2v) is 6.90. The molecule has 1 N–H and O–H groups in total. The van der Waals surface area contributed by atoms with Gasteiger partial charge < -0.3 is 10.1 Å². The predicted molar refractivity (Wildman–Crippen MR) is 104 cm³/mol. The van der Waals surface area contributed by atoms with Gasteiger partial charge in [-0.15, -0.1) is 10.2 Å². The normalized spacial score (nSPS) is 11.0. The molecule has 0 aliphatic rings. The zero-order valence-corrected chi connectivity index (χ0v) is 16.0. The van der Waals surface area contributed by atoms with Gasteiger partial charge in [0.05, 0.1) is 12.8 Å². The van der Waals surface area contributed by atoms with Gasteiger partial charge in [0.15, 0.2) is 5.82 Å². The fourth-order valence-corrected chi connectivity index (χ4v) is 3.58. The van der Waals surface area contributed by atoms with E-state index in [-0.39, 0.29) is 5.91 Å². The number of hydrogen-bond donors (Lipinski definition) is 1. The Labute approximate surface area is 163 Å². The first-order valence-electron chi connectivity index (χ1n) is 8.55. The number of aryl methyl sites for hydroxylation is 1. The first-order chi connectivity index (χ1) is 13.6. The Morgan fingerprint density at radius 1 is 1.21 bits per heavy atom. The molecule has 0 saturated carbocycles.